The smallest absolute Gasteiger partial charge is 0.407 e. The van der Waals surface area contributed by atoms with Gasteiger partial charge in [0.15, 0.2) is 5.78 Å². The summed E-state index contributed by atoms with van der Waals surface area (Å²) < 4.78 is 4.99. The molecule has 158 valence electrons. The summed E-state index contributed by atoms with van der Waals surface area (Å²) in [5, 5.41) is 14.0. The Bertz CT molecular complexity index is 854. The molecule has 0 spiro atoms. The van der Waals surface area contributed by atoms with Crippen molar-refractivity contribution in [2.75, 3.05) is 6.54 Å². The lowest BCUT2D eigenvalue weighted by atomic mass is 10.1. The van der Waals surface area contributed by atoms with E-state index in [1.165, 1.54) is 0 Å². The third kappa shape index (κ3) is 8.55. The molecule has 8 heteroatoms. The Morgan fingerprint density at radius 3 is 2.07 bits per heavy atom. The number of hydrogen-bond donors (Lipinski definition) is 3. The SMILES string of the molecule is O=C(CCC(=O)N[C@H](Cc1ccccc1)C(=O)O)CNC(=O)OCc1ccccc1. The lowest BCUT2D eigenvalue weighted by Gasteiger charge is -2.14. The first-order valence-electron chi connectivity index (χ1n) is 9.46. The molecular formula is C22H24N2O6. The van der Waals surface area contributed by atoms with Gasteiger partial charge in [0.25, 0.3) is 0 Å². The predicted molar refractivity (Wildman–Crippen MR) is 109 cm³/mol. The molecule has 0 saturated carbocycles. The Morgan fingerprint density at radius 2 is 1.47 bits per heavy atom. The van der Waals surface area contributed by atoms with Gasteiger partial charge in [-0.25, -0.2) is 9.59 Å². The van der Waals surface area contributed by atoms with E-state index < -0.39 is 24.0 Å². The van der Waals surface area contributed by atoms with Crippen molar-refractivity contribution in [3.8, 4) is 0 Å². The van der Waals surface area contributed by atoms with Crippen molar-refractivity contribution in [1.82, 2.24) is 10.6 Å². The predicted octanol–water partition coefficient (Wildman–Crippen LogP) is 2.07. The van der Waals surface area contributed by atoms with Gasteiger partial charge in [-0.3, -0.25) is 9.59 Å². The van der Waals surface area contributed by atoms with Crippen molar-refractivity contribution in [2.45, 2.75) is 31.9 Å². The zero-order valence-electron chi connectivity index (χ0n) is 16.4. The zero-order valence-corrected chi connectivity index (χ0v) is 16.4. The summed E-state index contributed by atoms with van der Waals surface area (Å²) in [7, 11) is 0. The molecule has 0 aliphatic heterocycles. The topological polar surface area (TPSA) is 122 Å². The van der Waals surface area contributed by atoms with Crippen LogP contribution in [0.4, 0.5) is 4.79 Å². The third-order valence-electron chi connectivity index (χ3n) is 4.19. The fraction of sp³-hybridized carbons (Fsp3) is 0.273. The molecule has 0 fully saturated rings. The normalized spacial score (nSPS) is 11.2. The average Bonchev–Trinajstić information content (AvgIpc) is 2.75. The van der Waals surface area contributed by atoms with Gasteiger partial charge in [-0.05, 0) is 11.1 Å². The van der Waals surface area contributed by atoms with Crippen molar-refractivity contribution < 1.29 is 29.0 Å². The van der Waals surface area contributed by atoms with Crippen LogP contribution in [0.1, 0.15) is 24.0 Å². The van der Waals surface area contributed by atoms with Gasteiger partial charge in [-0.2, -0.15) is 0 Å². The van der Waals surface area contributed by atoms with Crippen LogP contribution in [0.25, 0.3) is 0 Å². The van der Waals surface area contributed by atoms with Crippen molar-refractivity contribution in [3.63, 3.8) is 0 Å². The molecule has 0 heterocycles. The molecule has 2 rings (SSSR count). The average molecular weight is 412 g/mol. The van der Waals surface area contributed by atoms with Gasteiger partial charge < -0.3 is 20.5 Å². The van der Waals surface area contributed by atoms with E-state index in [9.17, 15) is 24.3 Å². The van der Waals surface area contributed by atoms with Crippen molar-refractivity contribution in [1.29, 1.82) is 0 Å². The molecule has 8 nitrogen and oxygen atoms in total. The first-order chi connectivity index (χ1) is 14.4. The second-order valence-corrected chi connectivity index (χ2v) is 6.60. The Labute approximate surface area is 174 Å². The number of Topliss-reactive ketones (excluding diaryl/α,β-unsaturated/α-hetero) is 1. The Kier molecular flexibility index (Phi) is 9.05. The number of rotatable bonds is 11. The lowest BCUT2D eigenvalue weighted by Crippen LogP contribution is -2.42. The molecular weight excluding hydrogens is 388 g/mol. The number of ether oxygens (including phenoxy) is 1. The number of alkyl carbamates (subject to hydrolysis) is 1. The highest BCUT2D eigenvalue weighted by molar-refractivity contribution is 5.89. The summed E-state index contributed by atoms with van der Waals surface area (Å²) in [6.45, 7) is -0.186. The Balaban J connectivity index is 1.67. The number of ketones is 1. The van der Waals surface area contributed by atoms with Gasteiger partial charge in [0, 0.05) is 19.3 Å². The van der Waals surface area contributed by atoms with Crippen LogP contribution in [-0.4, -0.2) is 41.4 Å². The minimum Gasteiger partial charge on any atom is -0.480 e. The molecule has 0 bridgehead atoms. The number of carboxylic acid groups (broad SMARTS) is 1. The van der Waals surface area contributed by atoms with E-state index in [1.807, 2.05) is 24.3 Å². The van der Waals surface area contributed by atoms with Gasteiger partial charge in [0.2, 0.25) is 5.91 Å². The first-order valence-corrected chi connectivity index (χ1v) is 9.46. The van der Waals surface area contributed by atoms with E-state index in [0.717, 1.165) is 11.1 Å². The standard InChI is InChI=1S/C22H24N2O6/c25-18(14-23-22(29)30-15-17-9-5-2-6-10-17)11-12-20(26)24-19(21(27)28)13-16-7-3-1-4-8-16/h1-10,19H,11-15H2,(H,23,29)(H,24,26)(H,27,28)/t19-/m1/s1. The van der Waals surface area contributed by atoms with Gasteiger partial charge in [0.05, 0.1) is 6.54 Å². The van der Waals surface area contributed by atoms with Gasteiger partial charge in [0.1, 0.15) is 12.6 Å². The Hall–Kier alpha value is -3.68. The summed E-state index contributed by atoms with van der Waals surface area (Å²) in [5.74, 6) is -2.06. The van der Waals surface area contributed by atoms with Gasteiger partial charge in [-0.1, -0.05) is 60.7 Å². The number of carbonyl (C=O) groups excluding carboxylic acids is 3. The van der Waals surface area contributed by atoms with Crippen LogP contribution in [0, 0.1) is 0 Å². The Morgan fingerprint density at radius 1 is 0.867 bits per heavy atom. The molecule has 0 unspecified atom stereocenters. The maximum atomic E-state index is 12.0. The van der Waals surface area contributed by atoms with E-state index >= 15 is 0 Å². The molecule has 1 atom stereocenters. The molecule has 0 radical (unpaired) electrons. The van der Waals surface area contributed by atoms with Crippen LogP contribution in [0.2, 0.25) is 0 Å². The maximum Gasteiger partial charge on any atom is 0.407 e. The third-order valence-corrected chi connectivity index (χ3v) is 4.19. The minimum absolute atomic E-state index is 0.0846. The number of aliphatic carboxylic acids is 1. The van der Waals surface area contributed by atoms with E-state index in [2.05, 4.69) is 10.6 Å². The molecule has 30 heavy (non-hydrogen) atoms. The second-order valence-electron chi connectivity index (χ2n) is 6.60. The van der Waals surface area contributed by atoms with Crippen LogP contribution < -0.4 is 10.6 Å². The van der Waals surface area contributed by atoms with Crippen molar-refractivity contribution in [2.24, 2.45) is 0 Å². The molecule has 0 saturated heterocycles. The summed E-state index contributed by atoms with van der Waals surface area (Å²) >= 11 is 0. The molecule has 0 aliphatic carbocycles. The van der Waals surface area contributed by atoms with E-state index in [0.29, 0.717) is 0 Å². The van der Waals surface area contributed by atoms with E-state index in [4.69, 9.17) is 4.74 Å². The second kappa shape index (κ2) is 12.0. The molecule has 2 aromatic rings. The van der Waals surface area contributed by atoms with Crippen LogP contribution in [0.15, 0.2) is 60.7 Å². The fourth-order valence-corrected chi connectivity index (χ4v) is 2.60. The number of carbonyl (C=O) groups is 4. The zero-order chi connectivity index (χ0) is 21.8. The first kappa shape index (κ1) is 22.6. The molecule has 2 amide bonds. The van der Waals surface area contributed by atoms with Crippen LogP contribution in [0.3, 0.4) is 0 Å². The molecule has 2 aromatic carbocycles. The molecule has 0 aliphatic rings. The van der Waals surface area contributed by atoms with Crippen LogP contribution in [0.5, 0.6) is 0 Å². The number of hydrogen-bond acceptors (Lipinski definition) is 5. The summed E-state index contributed by atoms with van der Waals surface area (Å²) in [5.41, 5.74) is 1.60. The quantitative estimate of drug-likeness (QED) is 0.519. The van der Waals surface area contributed by atoms with Gasteiger partial charge in [-0.15, -0.1) is 0 Å². The summed E-state index contributed by atoms with van der Waals surface area (Å²) in [6.07, 6.45) is -0.879. The van der Waals surface area contributed by atoms with Crippen LogP contribution >= 0.6 is 0 Å². The number of amides is 2. The highest BCUT2D eigenvalue weighted by atomic mass is 16.5. The number of nitrogens with one attached hydrogen (secondary N) is 2. The maximum absolute atomic E-state index is 12.0. The monoisotopic (exact) mass is 412 g/mol. The van der Waals surface area contributed by atoms with Crippen molar-refractivity contribution in [3.05, 3.63) is 71.8 Å². The highest BCUT2D eigenvalue weighted by Crippen LogP contribution is 2.04. The number of benzene rings is 2. The summed E-state index contributed by atoms with van der Waals surface area (Å²) in [4.78, 5) is 46.9. The van der Waals surface area contributed by atoms with Gasteiger partial charge >= 0.3 is 12.1 Å². The summed E-state index contributed by atoms with van der Waals surface area (Å²) in [6, 6.07) is 16.9. The largest absolute Gasteiger partial charge is 0.480 e. The highest BCUT2D eigenvalue weighted by Gasteiger charge is 2.20. The van der Waals surface area contributed by atoms with E-state index in [1.54, 1.807) is 36.4 Å². The molecule has 0 aromatic heterocycles. The molecule has 3 N–H and O–H groups in total. The van der Waals surface area contributed by atoms with Crippen molar-refractivity contribution >= 4 is 23.8 Å². The van der Waals surface area contributed by atoms with E-state index in [-0.39, 0.29) is 38.2 Å². The lowest BCUT2D eigenvalue weighted by molar-refractivity contribution is -0.141. The fourth-order valence-electron chi connectivity index (χ4n) is 2.60. The minimum atomic E-state index is -1.15. The number of carboxylic acids is 1. The van der Waals surface area contributed by atoms with Crippen LogP contribution in [-0.2, 0) is 32.1 Å².